The Bertz CT molecular complexity index is 1610. The van der Waals surface area contributed by atoms with E-state index < -0.39 is 5.97 Å². The lowest BCUT2D eigenvalue weighted by Crippen LogP contribution is -2.74. The van der Waals surface area contributed by atoms with Crippen molar-refractivity contribution in [1.29, 1.82) is 0 Å². The maximum Gasteiger partial charge on any atom is 0.305 e. The predicted molar refractivity (Wildman–Crippen MR) is 150 cm³/mol. The second kappa shape index (κ2) is 10.0. The Morgan fingerprint density at radius 1 is 1.18 bits per heavy atom. The molecular formula is C31H29ClN4O4. The molecule has 1 amide bonds. The van der Waals surface area contributed by atoms with Crippen LogP contribution in [0.1, 0.15) is 61.2 Å². The molecule has 0 spiro atoms. The van der Waals surface area contributed by atoms with Crippen LogP contribution >= 0.6 is 11.6 Å². The molecule has 0 atom stereocenters. The summed E-state index contributed by atoms with van der Waals surface area (Å²) >= 11 is 6.23. The molecule has 2 heterocycles. The van der Waals surface area contributed by atoms with Crippen LogP contribution in [-0.4, -0.2) is 43.8 Å². The third-order valence-corrected chi connectivity index (χ3v) is 8.15. The van der Waals surface area contributed by atoms with Gasteiger partial charge in [0.2, 0.25) is 5.69 Å². The topological polar surface area (TPSA) is 89.0 Å². The normalized spacial score (nSPS) is 20.1. The summed E-state index contributed by atoms with van der Waals surface area (Å²) in [6, 6.07) is 10.7. The van der Waals surface area contributed by atoms with Gasteiger partial charge in [-0.25, -0.2) is 4.85 Å². The number of nitrogens with zero attached hydrogens (tertiary/aromatic N) is 4. The fraction of sp³-hybridized carbons (Fsp3) is 0.355. The molecule has 1 fully saturated rings. The van der Waals surface area contributed by atoms with Crippen molar-refractivity contribution < 1.29 is 19.4 Å². The lowest BCUT2D eigenvalue weighted by Gasteiger charge is -2.65. The van der Waals surface area contributed by atoms with Crippen molar-refractivity contribution in [3.05, 3.63) is 87.5 Å². The molecule has 2 aromatic carbocycles. The molecule has 1 aromatic heterocycles. The molecule has 9 heteroatoms. The van der Waals surface area contributed by atoms with Crippen LogP contribution in [0.3, 0.4) is 0 Å². The van der Waals surface area contributed by atoms with E-state index in [1.54, 1.807) is 35.3 Å². The van der Waals surface area contributed by atoms with Gasteiger partial charge < -0.3 is 14.7 Å². The number of amides is 1. The van der Waals surface area contributed by atoms with E-state index in [2.05, 4.69) is 49.5 Å². The molecule has 204 valence electrons. The van der Waals surface area contributed by atoms with Crippen molar-refractivity contribution >= 4 is 29.2 Å². The average molecular weight is 557 g/mol. The standard InChI is InChI=1S/C31H29ClN4O4/c1-30(2)28(31(3,4)29(30)40-22-9-11-25(33-5)24(32)15-22)36-18-21-14-19(8-10-23(21)27(36)39)6-7-20-16-34-35(17-20)13-12-26(37)38/h8-11,14-17,28-29H,12-13,18H2,1-4H3,(H,37,38). The van der Waals surface area contributed by atoms with Crippen LogP contribution in [0.2, 0.25) is 5.02 Å². The number of carboxylic acids is 1. The SMILES string of the molecule is [C-]#[N+]c1ccc(OC2C(C)(C)C(N3Cc4cc(C#Cc5cnn(CCC(=O)O)c5)ccc4C3=O)C2(C)C)cc1Cl. The van der Waals surface area contributed by atoms with Crippen LogP contribution in [0.25, 0.3) is 4.85 Å². The third-order valence-electron chi connectivity index (χ3n) is 7.84. The highest BCUT2D eigenvalue weighted by atomic mass is 35.5. The molecular weight excluding hydrogens is 528 g/mol. The predicted octanol–water partition coefficient (Wildman–Crippen LogP) is 5.80. The van der Waals surface area contributed by atoms with E-state index in [0.717, 1.165) is 11.1 Å². The number of benzene rings is 2. The van der Waals surface area contributed by atoms with Crippen LogP contribution in [0.15, 0.2) is 48.8 Å². The first-order chi connectivity index (χ1) is 18.9. The van der Waals surface area contributed by atoms with Crippen molar-refractivity contribution in [2.24, 2.45) is 10.8 Å². The van der Waals surface area contributed by atoms with Gasteiger partial charge in [0.15, 0.2) is 0 Å². The van der Waals surface area contributed by atoms with Crippen molar-refractivity contribution in [3.8, 4) is 17.6 Å². The summed E-state index contributed by atoms with van der Waals surface area (Å²) in [7, 11) is 0. The molecule has 0 bridgehead atoms. The maximum absolute atomic E-state index is 13.5. The monoisotopic (exact) mass is 556 g/mol. The van der Waals surface area contributed by atoms with Crippen LogP contribution in [0, 0.1) is 29.2 Å². The zero-order chi connectivity index (χ0) is 28.8. The second-order valence-electron chi connectivity index (χ2n) is 11.5. The van der Waals surface area contributed by atoms with Crippen LogP contribution in [0.4, 0.5) is 5.69 Å². The van der Waals surface area contributed by atoms with E-state index in [0.29, 0.717) is 34.1 Å². The molecule has 0 unspecified atom stereocenters. The number of fused-ring (bicyclic) bond motifs is 1. The lowest BCUT2D eigenvalue weighted by molar-refractivity contribution is -0.199. The number of carbonyl (C=O) groups excluding carboxylic acids is 1. The summed E-state index contributed by atoms with van der Waals surface area (Å²) in [5.74, 6) is 5.94. The number of aliphatic carboxylic acids is 1. The highest BCUT2D eigenvalue weighted by Gasteiger charge is 2.66. The quantitative estimate of drug-likeness (QED) is 0.306. The fourth-order valence-corrected chi connectivity index (χ4v) is 6.75. The van der Waals surface area contributed by atoms with Crippen LogP contribution < -0.4 is 4.74 Å². The highest BCUT2D eigenvalue weighted by Crippen LogP contribution is 2.59. The Hall–Kier alpha value is -4.27. The molecule has 1 saturated carbocycles. The van der Waals surface area contributed by atoms with Crippen molar-refractivity contribution in [1.82, 2.24) is 14.7 Å². The molecule has 1 N–H and O–H groups in total. The van der Waals surface area contributed by atoms with Gasteiger partial charge in [0.25, 0.3) is 5.91 Å². The Balaban J connectivity index is 1.31. The van der Waals surface area contributed by atoms with Gasteiger partial charge in [0.1, 0.15) is 11.9 Å². The molecule has 0 saturated heterocycles. The molecule has 40 heavy (non-hydrogen) atoms. The molecule has 3 aromatic rings. The van der Waals surface area contributed by atoms with Gasteiger partial charge in [0.05, 0.1) is 36.3 Å². The number of ether oxygens (including phenoxy) is 1. The van der Waals surface area contributed by atoms with Gasteiger partial charge >= 0.3 is 5.97 Å². The largest absolute Gasteiger partial charge is 0.489 e. The first-order valence-electron chi connectivity index (χ1n) is 13.0. The van der Waals surface area contributed by atoms with Gasteiger partial charge in [-0.2, -0.15) is 5.10 Å². The smallest absolute Gasteiger partial charge is 0.305 e. The Labute approximate surface area is 238 Å². The fourth-order valence-electron chi connectivity index (χ4n) is 6.54. The van der Waals surface area contributed by atoms with Crippen LogP contribution in [-0.2, 0) is 17.9 Å². The number of aromatic nitrogens is 2. The molecule has 8 nitrogen and oxygen atoms in total. The Morgan fingerprint density at radius 2 is 1.90 bits per heavy atom. The summed E-state index contributed by atoms with van der Waals surface area (Å²) in [5.41, 5.74) is 2.81. The van der Waals surface area contributed by atoms with Gasteiger partial charge in [-0.1, -0.05) is 57.2 Å². The van der Waals surface area contributed by atoms with Gasteiger partial charge in [0, 0.05) is 40.7 Å². The van der Waals surface area contributed by atoms with Crippen molar-refractivity contribution in [2.45, 2.75) is 59.4 Å². The highest BCUT2D eigenvalue weighted by molar-refractivity contribution is 6.33. The van der Waals surface area contributed by atoms with E-state index in [1.165, 1.54) is 0 Å². The number of hydrogen-bond donors (Lipinski definition) is 1. The van der Waals surface area contributed by atoms with Gasteiger partial charge in [-0.05, 0) is 35.9 Å². The van der Waals surface area contributed by atoms with Crippen molar-refractivity contribution in [2.75, 3.05) is 0 Å². The van der Waals surface area contributed by atoms with E-state index in [4.69, 9.17) is 28.0 Å². The molecule has 5 rings (SSSR count). The van der Waals surface area contributed by atoms with E-state index in [9.17, 15) is 9.59 Å². The third kappa shape index (κ3) is 4.80. The maximum atomic E-state index is 13.5. The number of aryl methyl sites for hydroxylation is 1. The molecule has 0 radical (unpaired) electrons. The van der Waals surface area contributed by atoms with Gasteiger partial charge in [-0.15, -0.1) is 0 Å². The summed E-state index contributed by atoms with van der Waals surface area (Å²) in [5, 5.41) is 13.4. The van der Waals surface area contributed by atoms with E-state index in [-0.39, 0.29) is 41.8 Å². The minimum Gasteiger partial charge on any atom is -0.489 e. The molecule has 1 aliphatic heterocycles. The number of carbonyl (C=O) groups is 2. The molecule has 2 aliphatic rings. The van der Waals surface area contributed by atoms with Gasteiger partial charge in [-0.3, -0.25) is 14.3 Å². The van der Waals surface area contributed by atoms with E-state index in [1.807, 2.05) is 23.1 Å². The first kappa shape index (κ1) is 27.3. The Morgan fingerprint density at radius 3 is 2.58 bits per heavy atom. The Kier molecular flexibility index (Phi) is 6.85. The summed E-state index contributed by atoms with van der Waals surface area (Å²) in [4.78, 5) is 29.7. The number of rotatable bonds is 6. The van der Waals surface area contributed by atoms with Crippen molar-refractivity contribution in [3.63, 3.8) is 0 Å². The van der Waals surface area contributed by atoms with E-state index >= 15 is 0 Å². The summed E-state index contributed by atoms with van der Waals surface area (Å²) < 4.78 is 7.97. The van der Waals surface area contributed by atoms with Crippen LogP contribution in [0.5, 0.6) is 5.75 Å². The second-order valence-corrected chi connectivity index (χ2v) is 11.9. The zero-order valence-electron chi connectivity index (χ0n) is 22.7. The summed E-state index contributed by atoms with van der Waals surface area (Å²) in [6.45, 7) is 16.5. The number of carboxylic acid groups (broad SMARTS) is 1. The number of hydrogen-bond acceptors (Lipinski definition) is 4. The number of halogens is 1. The minimum absolute atomic E-state index is 0.00303. The molecule has 1 aliphatic carbocycles. The lowest BCUT2D eigenvalue weighted by atomic mass is 9.49. The average Bonchev–Trinajstić information content (AvgIpc) is 3.48. The summed E-state index contributed by atoms with van der Waals surface area (Å²) in [6.07, 6.45) is 3.16. The zero-order valence-corrected chi connectivity index (χ0v) is 23.5. The first-order valence-corrected chi connectivity index (χ1v) is 13.3. The minimum atomic E-state index is -0.876.